The summed E-state index contributed by atoms with van der Waals surface area (Å²) in [5, 5.41) is 18.8. The average Bonchev–Trinajstić information content (AvgIpc) is 3.39. The zero-order valence-electron chi connectivity index (χ0n) is 17.4. The molecule has 1 aliphatic rings. The van der Waals surface area contributed by atoms with Gasteiger partial charge in [0, 0.05) is 33.4 Å². The monoisotopic (exact) mass is 504 g/mol. The number of nitrogens with zero attached hydrogens (tertiary/aromatic N) is 3. The molecule has 1 atom stereocenters. The lowest BCUT2D eigenvalue weighted by atomic mass is 9.95. The van der Waals surface area contributed by atoms with Crippen LogP contribution >= 0.6 is 15.9 Å². The number of halogens is 1. The van der Waals surface area contributed by atoms with Crippen molar-refractivity contribution in [2.45, 2.75) is 6.04 Å². The Morgan fingerprint density at radius 3 is 2.48 bits per heavy atom. The van der Waals surface area contributed by atoms with Crippen LogP contribution in [0.4, 0.5) is 11.4 Å². The van der Waals surface area contributed by atoms with E-state index in [4.69, 9.17) is 4.74 Å². The Bertz CT molecular complexity index is 1370. The number of amides is 1. The van der Waals surface area contributed by atoms with E-state index in [9.17, 15) is 14.9 Å². The maximum Gasteiger partial charge on any atom is 0.277 e. The second-order valence-corrected chi connectivity index (χ2v) is 8.41. The molecule has 0 spiro atoms. The van der Waals surface area contributed by atoms with E-state index >= 15 is 0 Å². The van der Waals surface area contributed by atoms with Crippen molar-refractivity contribution in [2.75, 3.05) is 12.0 Å². The van der Waals surface area contributed by atoms with Gasteiger partial charge in [-0.2, -0.15) is 5.10 Å². The van der Waals surface area contributed by atoms with Gasteiger partial charge in [-0.25, -0.2) is 0 Å². The summed E-state index contributed by atoms with van der Waals surface area (Å²) in [5.74, 6) is 0.449. The molecule has 164 valence electrons. The summed E-state index contributed by atoms with van der Waals surface area (Å²) in [6, 6.07) is 20.5. The van der Waals surface area contributed by atoms with E-state index < -0.39 is 11.0 Å². The highest BCUT2D eigenvalue weighted by atomic mass is 79.9. The number of benzene rings is 3. The molecule has 0 fully saturated rings. The molecule has 2 heterocycles. The third kappa shape index (κ3) is 3.56. The molecule has 4 aromatic rings. The van der Waals surface area contributed by atoms with Gasteiger partial charge in [-0.05, 0) is 54.1 Å². The highest BCUT2D eigenvalue weighted by Crippen LogP contribution is 2.45. The first kappa shape index (κ1) is 20.9. The van der Waals surface area contributed by atoms with Crippen molar-refractivity contribution in [3.63, 3.8) is 0 Å². The molecule has 1 N–H and O–H groups in total. The van der Waals surface area contributed by atoms with Crippen LogP contribution in [0.5, 0.6) is 5.75 Å². The first-order valence-electron chi connectivity index (χ1n) is 10.0. The number of ether oxygens (including phenoxy) is 1. The van der Waals surface area contributed by atoms with Crippen molar-refractivity contribution in [3.8, 4) is 17.0 Å². The zero-order valence-corrected chi connectivity index (χ0v) is 18.9. The van der Waals surface area contributed by atoms with E-state index in [-0.39, 0.29) is 11.6 Å². The SMILES string of the molecule is COc1ccc(-c2n[nH]c3c2C(c2cccc([N+](=O)[O-])c2)N(c2ccc(Br)cc2)C3=O)cc1. The third-order valence-corrected chi connectivity index (χ3v) is 6.16. The number of non-ortho nitro benzene ring substituents is 1. The Balaban J connectivity index is 1.71. The first-order valence-corrected chi connectivity index (χ1v) is 10.8. The highest BCUT2D eigenvalue weighted by Gasteiger charge is 2.43. The van der Waals surface area contributed by atoms with Crippen LogP contribution in [0.15, 0.2) is 77.3 Å². The lowest BCUT2D eigenvalue weighted by Crippen LogP contribution is -2.29. The van der Waals surface area contributed by atoms with Gasteiger partial charge in [0.15, 0.2) is 0 Å². The number of carbonyl (C=O) groups is 1. The molecular formula is C24H17BrN4O4. The van der Waals surface area contributed by atoms with Crippen molar-refractivity contribution >= 4 is 33.2 Å². The summed E-state index contributed by atoms with van der Waals surface area (Å²) in [5.41, 5.74) is 3.69. The molecule has 0 saturated carbocycles. The normalized spacial score (nSPS) is 14.9. The van der Waals surface area contributed by atoms with Gasteiger partial charge in [-0.15, -0.1) is 0 Å². The number of H-pyrrole nitrogens is 1. The number of aromatic amines is 1. The number of aromatic nitrogens is 2. The van der Waals surface area contributed by atoms with Crippen LogP contribution in [0.3, 0.4) is 0 Å². The van der Waals surface area contributed by atoms with Crippen LogP contribution in [0, 0.1) is 10.1 Å². The fourth-order valence-electron chi connectivity index (χ4n) is 4.11. The Morgan fingerprint density at radius 1 is 1.09 bits per heavy atom. The molecule has 33 heavy (non-hydrogen) atoms. The molecule has 0 radical (unpaired) electrons. The maximum atomic E-state index is 13.5. The Labute approximate surface area is 197 Å². The first-order chi connectivity index (χ1) is 16.0. The molecule has 0 saturated heterocycles. The van der Waals surface area contributed by atoms with Crippen LogP contribution in [0.2, 0.25) is 0 Å². The lowest BCUT2D eigenvalue weighted by molar-refractivity contribution is -0.384. The number of nitrogens with one attached hydrogen (secondary N) is 1. The van der Waals surface area contributed by atoms with E-state index in [1.807, 2.05) is 48.5 Å². The smallest absolute Gasteiger partial charge is 0.277 e. The van der Waals surface area contributed by atoms with Gasteiger partial charge in [0.05, 0.1) is 23.8 Å². The number of fused-ring (bicyclic) bond motifs is 1. The Kier molecular flexibility index (Phi) is 5.18. The van der Waals surface area contributed by atoms with Crippen LogP contribution < -0.4 is 9.64 Å². The number of anilines is 1. The summed E-state index contributed by atoms with van der Waals surface area (Å²) >= 11 is 3.42. The van der Waals surface area contributed by atoms with E-state index in [1.165, 1.54) is 12.1 Å². The molecule has 0 aliphatic carbocycles. The standard InChI is InChI=1S/C24H17BrN4O4/c1-33-19-11-5-14(6-12-19)21-20-22(27-26-21)24(30)28(17-9-7-16(25)8-10-17)23(20)15-3-2-4-18(13-15)29(31)32/h2-13,23H,1H3,(H,26,27). The van der Waals surface area contributed by atoms with Crippen molar-refractivity contribution in [2.24, 2.45) is 0 Å². The molecule has 8 nitrogen and oxygen atoms in total. The second-order valence-electron chi connectivity index (χ2n) is 7.50. The fraction of sp³-hybridized carbons (Fsp3) is 0.0833. The molecule has 0 bridgehead atoms. The number of nitro groups is 1. The van der Waals surface area contributed by atoms with Crippen molar-refractivity contribution in [1.29, 1.82) is 0 Å². The predicted molar refractivity (Wildman–Crippen MR) is 126 cm³/mol. The number of hydrogen-bond donors (Lipinski definition) is 1. The summed E-state index contributed by atoms with van der Waals surface area (Å²) in [4.78, 5) is 26.2. The summed E-state index contributed by atoms with van der Waals surface area (Å²) in [7, 11) is 1.59. The van der Waals surface area contributed by atoms with Gasteiger partial charge in [-0.1, -0.05) is 28.1 Å². The number of hydrogen-bond acceptors (Lipinski definition) is 5. The number of methoxy groups -OCH3 is 1. The van der Waals surface area contributed by atoms with E-state index in [0.29, 0.717) is 34.0 Å². The lowest BCUT2D eigenvalue weighted by Gasteiger charge is -2.26. The Morgan fingerprint density at radius 2 is 1.82 bits per heavy atom. The number of carbonyl (C=O) groups excluding carboxylic acids is 1. The minimum Gasteiger partial charge on any atom is -0.497 e. The van der Waals surface area contributed by atoms with Crippen LogP contribution in [-0.2, 0) is 0 Å². The van der Waals surface area contributed by atoms with Gasteiger partial charge >= 0.3 is 0 Å². The number of rotatable bonds is 5. The predicted octanol–water partition coefficient (Wildman–Crippen LogP) is 5.51. The molecule has 1 amide bonds. The molecule has 1 aliphatic heterocycles. The minimum absolute atomic E-state index is 0.0429. The molecule has 5 rings (SSSR count). The Hall–Kier alpha value is -3.98. The van der Waals surface area contributed by atoms with Gasteiger partial charge in [0.25, 0.3) is 11.6 Å². The van der Waals surface area contributed by atoms with Gasteiger partial charge in [0.1, 0.15) is 11.4 Å². The highest BCUT2D eigenvalue weighted by molar-refractivity contribution is 9.10. The summed E-state index contributed by atoms with van der Waals surface area (Å²) in [6.07, 6.45) is 0. The van der Waals surface area contributed by atoms with E-state index in [2.05, 4.69) is 26.1 Å². The van der Waals surface area contributed by atoms with Gasteiger partial charge < -0.3 is 4.74 Å². The topological polar surface area (TPSA) is 101 Å². The number of nitro benzene ring substituents is 1. The van der Waals surface area contributed by atoms with Crippen LogP contribution in [0.25, 0.3) is 11.3 Å². The van der Waals surface area contributed by atoms with Crippen LogP contribution in [-0.4, -0.2) is 28.1 Å². The quantitative estimate of drug-likeness (QED) is 0.285. The molecular weight excluding hydrogens is 488 g/mol. The van der Waals surface area contributed by atoms with E-state index in [1.54, 1.807) is 24.1 Å². The van der Waals surface area contributed by atoms with Crippen LogP contribution in [0.1, 0.15) is 27.7 Å². The van der Waals surface area contributed by atoms with Crippen molar-refractivity contribution in [1.82, 2.24) is 10.2 Å². The molecule has 3 aromatic carbocycles. The molecule has 1 unspecified atom stereocenters. The third-order valence-electron chi connectivity index (χ3n) is 5.63. The summed E-state index contributed by atoms with van der Waals surface area (Å²) in [6.45, 7) is 0. The van der Waals surface area contributed by atoms with Crippen molar-refractivity contribution < 1.29 is 14.5 Å². The summed E-state index contributed by atoms with van der Waals surface area (Å²) < 4.78 is 6.13. The molecule has 9 heteroatoms. The van der Waals surface area contributed by atoms with Gasteiger partial charge in [0.2, 0.25) is 0 Å². The zero-order chi connectivity index (χ0) is 23.1. The minimum atomic E-state index is -0.593. The maximum absolute atomic E-state index is 13.5. The average molecular weight is 505 g/mol. The van der Waals surface area contributed by atoms with Crippen molar-refractivity contribution in [3.05, 3.63) is 104 Å². The largest absolute Gasteiger partial charge is 0.497 e. The van der Waals surface area contributed by atoms with Gasteiger partial charge in [-0.3, -0.25) is 24.9 Å². The molecule has 1 aromatic heterocycles. The van der Waals surface area contributed by atoms with E-state index in [0.717, 1.165) is 10.0 Å². The fourth-order valence-corrected chi connectivity index (χ4v) is 4.37. The second kappa shape index (κ2) is 8.18.